The molecule has 1 aliphatic carbocycles. The highest BCUT2D eigenvalue weighted by Crippen LogP contribution is 2.31. The number of nitrogens with two attached hydrogens (primary N) is 1. The summed E-state index contributed by atoms with van der Waals surface area (Å²) < 4.78 is 0. The van der Waals surface area contributed by atoms with Crippen LogP contribution in [0.3, 0.4) is 0 Å². The van der Waals surface area contributed by atoms with Gasteiger partial charge < -0.3 is 5.73 Å². The summed E-state index contributed by atoms with van der Waals surface area (Å²) in [5.74, 6) is 0. The smallest absolute Gasteiger partial charge is 0.162 e. The number of hydrogen-bond donors (Lipinski definition) is 2. The van der Waals surface area contributed by atoms with Crippen LogP contribution in [0, 0.1) is 18.3 Å². The number of pyridine rings is 1. The first-order chi connectivity index (χ1) is 9.29. The summed E-state index contributed by atoms with van der Waals surface area (Å²) >= 11 is 0. The monoisotopic (exact) mass is 247 g/mol. The lowest BCUT2D eigenvalue weighted by Crippen LogP contribution is -2.00. The first-order valence-electron chi connectivity index (χ1n) is 6.03. The number of hydrogen-bond acceptors (Lipinski definition) is 3. The van der Waals surface area contributed by atoms with Crippen LogP contribution in [0.1, 0.15) is 16.7 Å². The van der Waals surface area contributed by atoms with Crippen molar-refractivity contribution in [3.63, 3.8) is 0 Å². The maximum Gasteiger partial charge on any atom is 0.162 e. The highest BCUT2D eigenvalue weighted by atomic mass is 14.6. The molecule has 0 saturated heterocycles. The van der Waals surface area contributed by atoms with Gasteiger partial charge in [-0.1, -0.05) is 10.9 Å². The molecule has 0 aliphatic heterocycles. The number of benzene rings is 1. The topological polar surface area (TPSA) is 62.8 Å². The SMILES string of the molecule is N=C[CH+]C=C(N)c1cc2c3c(cncc3c1)C=C[CH-]2. The molecule has 1 aromatic heterocycles. The van der Waals surface area contributed by atoms with E-state index in [0.717, 1.165) is 22.1 Å². The molecule has 0 spiro atoms. The van der Waals surface area contributed by atoms with Crippen LogP contribution < -0.4 is 5.73 Å². The molecule has 0 saturated carbocycles. The predicted octanol–water partition coefficient (Wildman–Crippen LogP) is 2.97. The van der Waals surface area contributed by atoms with Crippen molar-refractivity contribution in [1.82, 2.24) is 4.98 Å². The van der Waals surface area contributed by atoms with Crippen LogP contribution in [-0.4, -0.2) is 11.2 Å². The van der Waals surface area contributed by atoms with Gasteiger partial charge in [0.05, 0.1) is 6.42 Å². The van der Waals surface area contributed by atoms with E-state index in [1.165, 1.54) is 11.6 Å². The normalized spacial score (nSPS) is 13.2. The number of nitrogens with zero attached hydrogens (tertiary/aromatic N) is 1. The highest BCUT2D eigenvalue weighted by Gasteiger charge is 2.08. The van der Waals surface area contributed by atoms with Crippen LogP contribution in [0.5, 0.6) is 0 Å². The molecule has 1 aliphatic rings. The largest absolute Gasteiger partial charge is 0.324 e. The summed E-state index contributed by atoms with van der Waals surface area (Å²) in [4.78, 5) is 4.25. The second kappa shape index (κ2) is 4.53. The van der Waals surface area contributed by atoms with Crippen LogP contribution in [0.2, 0.25) is 0 Å². The van der Waals surface area contributed by atoms with Crippen molar-refractivity contribution >= 4 is 28.8 Å². The van der Waals surface area contributed by atoms with E-state index in [0.29, 0.717) is 5.70 Å². The standard InChI is InChI=1S/C16H13N3/c17-6-2-5-15(18)13-7-11-3-1-4-12-9-19-10-14(8-13)16(11)12/h1-10,17H,18H2. The van der Waals surface area contributed by atoms with Gasteiger partial charge in [-0.3, -0.25) is 10.4 Å². The van der Waals surface area contributed by atoms with Crippen LogP contribution >= 0.6 is 0 Å². The van der Waals surface area contributed by atoms with E-state index in [2.05, 4.69) is 23.5 Å². The molecule has 3 rings (SSSR count). The molecule has 0 atom stereocenters. The molecular weight excluding hydrogens is 234 g/mol. The van der Waals surface area contributed by atoms with Crippen LogP contribution in [0.4, 0.5) is 0 Å². The van der Waals surface area contributed by atoms with E-state index in [9.17, 15) is 0 Å². The third-order valence-corrected chi connectivity index (χ3v) is 3.17. The summed E-state index contributed by atoms with van der Waals surface area (Å²) in [5.41, 5.74) is 9.91. The lowest BCUT2D eigenvalue weighted by Gasteiger charge is -2.20. The summed E-state index contributed by atoms with van der Waals surface area (Å²) in [6, 6.07) is 4.10. The Labute approximate surface area is 112 Å². The van der Waals surface area contributed by atoms with Gasteiger partial charge in [0.1, 0.15) is 12.3 Å². The Kier molecular flexibility index (Phi) is 2.72. The number of allylic oxidation sites excluding steroid dienone is 2. The number of rotatable bonds is 3. The minimum absolute atomic E-state index is 0.648. The molecule has 1 aromatic carbocycles. The average Bonchev–Trinajstić information content (AvgIpc) is 2.45. The number of nitrogens with one attached hydrogen (secondary N) is 1. The second-order valence-electron chi connectivity index (χ2n) is 4.40. The van der Waals surface area contributed by atoms with Crippen molar-refractivity contribution in [1.29, 1.82) is 5.41 Å². The molecule has 0 fully saturated rings. The maximum atomic E-state index is 7.00. The molecule has 3 heteroatoms. The van der Waals surface area contributed by atoms with Gasteiger partial charge in [-0.15, -0.1) is 30.2 Å². The average molecular weight is 247 g/mol. The Balaban J connectivity index is 2.19. The molecule has 0 bridgehead atoms. The number of aromatic nitrogens is 1. The Morgan fingerprint density at radius 3 is 3.11 bits per heavy atom. The van der Waals surface area contributed by atoms with Crippen molar-refractivity contribution in [3.05, 3.63) is 66.2 Å². The molecule has 92 valence electrons. The summed E-state index contributed by atoms with van der Waals surface area (Å²) in [5, 5.41) is 9.29. The van der Waals surface area contributed by atoms with E-state index in [4.69, 9.17) is 11.1 Å². The van der Waals surface area contributed by atoms with E-state index in [-0.39, 0.29) is 0 Å². The molecule has 2 aromatic rings. The van der Waals surface area contributed by atoms with E-state index < -0.39 is 0 Å². The van der Waals surface area contributed by atoms with Gasteiger partial charge in [-0.05, 0) is 11.5 Å². The fourth-order valence-corrected chi connectivity index (χ4v) is 2.31. The van der Waals surface area contributed by atoms with Gasteiger partial charge >= 0.3 is 0 Å². The fourth-order valence-electron chi connectivity index (χ4n) is 2.31. The zero-order valence-electron chi connectivity index (χ0n) is 10.3. The Morgan fingerprint density at radius 2 is 2.26 bits per heavy atom. The third kappa shape index (κ3) is 1.95. The summed E-state index contributed by atoms with van der Waals surface area (Å²) in [7, 11) is 0. The third-order valence-electron chi connectivity index (χ3n) is 3.17. The van der Waals surface area contributed by atoms with Gasteiger partial charge in [0.25, 0.3) is 0 Å². The van der Waals surface area contributed by atoms with Crippen LogP contribution in [0.15, 0.2) is 36.7 Å². The molecule has 3 nitrogen and oxygen atoms in total. The van der Waals surface area contributed by atoms with Gasteiger partial charge in [-0.2, -0.15) is 0 Å². The molecule has 0 radical (unpaired) electrons. The highest BCUT2D eigenvalue weighted by molar-refractivity contribution is 5.97. The van der Waals surface area contributed by atoms with E-state index >= 15 is 0 Å². The minimum atomic E-state index is 0.648. The predicted molar refractivity (Wildman–Crippen MR) is 79.4 cm³/mol. The van der Waals surface area contributed by atoms with Crippen molar-refractivity contribution in [2.24, 2.45) is 5.73 Å². The van der Waals surface area contributed by atoms with Crippen molar-refractivity contribution in [2.45, 2.75) is 0 Å². The Morgan fingerprint density at radius 1 is 1.37 bits per heavy atom. The minimum Gasteiger partial charge on any atom is -0.324 e. The molecule has 3 N–H and O–H groups in total. The Hall–Kier alpha value is -2.68. The second-order valence-corrected chi connectivity index (χ2v) is 4.40. The van der Waals surface area contributed by atoms with Gasteiger partial charge in [-0.25, -0.2) is 0 Å². The maximum absolute atomic E-state index is 7.00. The van der Waals surface area contributed by atoms with Crippen molar-refractivity contribution < 1.29 is 0 Å². The molecule has 0 amide bonds. The first kappa shape index (κ1) is 11.4. The fraction of sp³-hybridized carbons (Fsp3) is 0. The first-order valence-corrected chi connectivity index (χ1v) is 6.03. The zero-order chi connectivity index (χ0) is 13.2. The summed E-state index contributed by atoms with van der Waals surface area (Å²) in [6.07, 6.45) is 14.4. The van der Waals surface area contributed by atoms with E-state index in [1.54, 1.807) is 12.5 Å². The van der Waals surface area contributed by atoms with Crippen LogP contribution in [-0.2, 0) is 0 Å². The quantitative estimate of drug-likeness (QED) is 0.647. The lowest BCUT2D eigenvalue weighted by molar-refractivity contribution is 1.34. The van der Waals surface area contributed by atoms with Crippen molar-refractivity contribution in [3.8, 4) is 0 Å². The van der Waals surface area contributed by atoms with E-state index in [1.807, 2.05) is 24.5 Å². The lowest BCUT2D eigenvalue weighted by atomic mass is 9.92. The Bertz CT molecular complexity index is 711. The van der Waals surface area contributed by atoms with Crippen molar-refractivity contribution in [2.75, 3.05) is 0 Å². The van der Waals surface area contributed by atoms with Gasteiger partial charge in [0.2, 0.25) is 0 Å². The van der Waals surface area contributed by atoms with Gasteiger partial charge in [0, 0.05) is 18.0 Å². The molecule has 1 heterocycles. The van der Waals surface area contributed by atoms with Crippen LogP contribution in [0.25, 0.3) is 22.5 Å². The molecule has 0 unspecified atom stereocenters. The zero-order valence-corrected chi connectivity index (χ0v) is 10.3. The molecule has 19 heavy (non-hydrogen) atoms. The summed E-state index contributed by atoms with van der Waals surface area (Å²) in [6.45, 7) is 0. The van der Waals surface area contributed by atoms with Gasteiger partial charge in [0.15, 0.2) is 5.70 Å². The molecular formula is C16H13N3.